The van der Waals surface area contributed by atoms with Crippen LogP contribution in [0.1, 0.15) is 35.5 Å². The van der Waals surface area contributed by atoms with E-state index in [-0.39, 0.29) is 36.1 Å². The summed E-state index contributed by atoms with van der Waals surface area (Å²) in [7, 11) is 0. The molecule has 1 heterocycles. The molecule has 0 atom stereocenters. The predicted molar refractivity (Wildman–Crippen MR) is 152 cm³/mol. The second kappa shape index (κ2) is 15.8. The highest BCUT2D eigenvalue weighted by atomic mass is 35.5. The second-order valence-corrected chi connectivity index (χ2v) is 9.08. The van der Waals surface area contributed by atoms with Gasteiger partial charge in [-0.25, -0.2) is 23.8 Å². The van der Waals surface area contributed by atoms with Crippen molar-refractivity contribution in [3.05, 3.63) is 94.5 Å². The standard InChI is InChI=1S/C29H27ClFN5O8/c1-3-42-26(39)29(27(40)43-4-2,34-23(37)16-33-28(41)44-17-18-9-6-5-7-10-18)36-35-22-13-12-19(30)15-20(22)25(38)24-21(31)11-8-14-32-24/h5-15H,3-4,16-17H2,1-2H3,(H,33,41)(H,34,37)/b36-35+. The van der Waals surface area contributed by atoms with Gasteiger partial charge in [0, 0.05) is 11.2 Å². The number of amides is 2. The Morgan fingerprint density at radius 1 is 0.932 bits per heavy atom. The fourth-order valence-corrected chi connectivity index (χ4v) is 3.69. The van der Waals surface area contributed by atoms with E-state index in [2.05, 4.69) is 25.8 Å². The zero-order chi connectivity index (χ0) is 32.1. The first-order valence-electron chi connectivity index (χ1n) is 13.1. The van der Waals surface area contributed by atoms with E-state index in [1.807, 2.05) is 0 Å². The summed E-state index contributed by atoms with van der Waals surface area (Å²) in [6.45, 7) is 1.57. The molecule has 13 nitrogen and oxygen atoms in total. The Morgan fingerprint density at radius 3 is 2.25 bits per heavy atom. The first-order valence-corrected chi connectivity index (χ1v) is 13.5. The number of nitrogens with zero attached hydrogens (tertiary/aromatic N) is 3. The van der Waals surface area contributed by atoms with Crippen LogP contribution in [-0.2, 0) is 35.2 Å². The summed E-state index contributed by atoms with van der Waals surface area (Å²) in [5.41, 5.74) is -3.31. The van der Waals surface area contributed by atoms with Crippen LogP contribution in [0.25, 0.3) is 0 Å². The molecule has 2 aromatic carbocycles. The number of azo groups is 1. The van der Waals surface area contributed by atoms with Crippen molar-refractivity contribution in [1.82, 2.24) is 15.6 Å². The summed E-state index contributed by atoms with van der Waals surface area (Å²) in [5.74, 6) is -5.68. The Bertz CT molecular complexity index is 1540. The Hall–Kier alpha value is -5.24. The molecule has 2 N–H and O–H groups in total. The van der Waals surface area contributed by atoms with Gasteiger partial charge in [0.2, 0.25) is 11.7 Å². The van der Waals surface area contributed by atoms with Crippen LogP contribution >= 0.6 is 11.6 Å². The largest absolute Gasteiger partial charge is 0.462 e. The van der Waals surface area contributed by atoms with E-state index in [1.165, 1.54) is 38.2 Å². The van der Waals surface area contributed by atoms with Crippen molar-refractivity contribution in [3.63, 3.8) is 0 Å². The van der Waals surface area contributed by atoms with Gasteiger partial charge in [0.15, 0.2) is 5.82 Å². The number of alkyl carbamates (subject to hydrolysis) is 1. The molecule has 1 aromatic heterocycles. The molecule has 0 saturated carbocycles. The monoisotopic (exact) mass is 627 g/mol. The first-order chi connectivity index (χ1) is 21.1. The molecule has 0 aliphatic rings. The van der Waals surface area contributed by atoms with Crippen molar-refractivity contribution in [2.45, 2.75) is 26.1 Å². The lowest BCUT2D eigenvalue weighted by Crippen LogP contribution is -2.61. The van der Waals surface area contributed by atoms with E-state index in [4.69, 9.17) is 25.8 Å². The van der Waals surface area contributed by atoms with Crippen molar-refractivity contribution in [1.29, 1.82) is 0 Å². The highest BCUT2D eigenvalue weighted by Gasteiger charge is 2.52. The topological polar surface area (TPSA) is 175 Å². The van der Waals surface area contributed by atoms with Gasteiger partial charge in [-0.15, -0.1) is 5.11 Å². The van der Waals surface area contributed by atoms with Crippen molar-refractivity contribution in [3.8, 4) is 0 Å². The molecule has 3 rings (SSSR count). The number of ether oxygens (including phenoxy) is 3. The highest BCUT2D eigenvalue weighted by molar-refractivity contribution is 6.31. The first kappa shape index (κ1) is 33.3. The van der Waals surface area contributed by atoms with Crippen molar-refractivity contribution < 1.29 is 42.6 Å². The molecule has 0 saturated heterocycles. The molecule has 15 heteroatoms. The zero-order valence-corrected chi connectivity index (χ0v) is 24.3. The Morgan fingerprint density at radius 2 is 1.61 bits per heavy atom. The summed E-state index contributed by atoms with van der Waals surface area (Å²) >= 11 is 6.06. The van der Waals surface area contributed by atoms with Gasteiger partial charge in [-0.05, 0) is 49.7 Å². The molecule has 0 bridgehead atoms. The fraction of sp³-hybridized carbons (Fsp3) is 0.241. The number of carbonyl (C=O) groups excluding carboxylic acids is 5. The van der Waals surface area contributed by atoms with Crippen LogP contribution in [0.3, 0.4) is 0 Å². The molecular formula is C29H27ClFN5O8. The van der Waals surface area contributed by atoms with Gasteiger partial charge < -0.3 is 24.8 Å². The van der Waals surface area contributed by atoms with E-state index in [0.29, 0.717) is 5.56 Å². The highest BCUT2D eigenvalue weighted by Crippen LogP contribution is 2.28. The molecule has 0 unspecified atom stereocenters. The SMILES string of the molecule is CCOC(=O)C(/N=N/c1ccc(Cl)cc1C(=O)c1ncccc1F)(NC(=O)CNC(=O)OCc1ccccc1)C(=O)OCC. The third-order valence-electron chi connectivity index (χ3n) is 5.55. The maximum atomic E-state index is 14.3. The number of hydrogen-bond acceptors (Lipinski definition) is 11. The summed E-state index contributed by atoms with van der Waals surface area (Å²) in [5, 5.41) is 12.0. The Labute approximate surface area is 255 Å². The zero-order valence-electron chi connectivity index (χ0n) is 23.5. The number of hydrogen-bond donors (Lipinski definition) is 2. The van der Waals surface area contributed by atoms with Crippen LogP contribution < -0.4 is 10.6 Å². The molecule has 0 aliphatic heterocycles. The van der Waals surface area contributed by atoms with Crippen LogP contribution in [0.15, 0.2) is 77.1 Å². The third-order valence-corrected chi connectivity index (χ3v) is 5.79. The Balaban J connectivity index is 1.92. The van der Waals surface area contributed by atoms with Crippen LogP contribution in [0.5, 0.6) is 0 Å². The molecule has 230 valence electrons. The van der Waals surface area contributed by atoms with Crippen molar-refractivity contribution >= 4 is 47.0 Å². The maximum absolute atomic E-state index is 14.3. The lowest BCUT2D eigenvalue weighted by atomic mass is 10.1. The lowest BCUT2D eigenvalue weighted by Gasteiger charge is -2.25. The number of aromatic nitrogens is 1. The number of nitrogens with one attached hydrogen (secondary N) is 2. The summed E-state index contributed by atoms with van der Waals surface area (Å²) in [4.78, 5) is 68.2. The molecule has 0 fully saturated rings. The Kier molecular flexibility index (Phi) is 12.0. The number of ketones is 1. The van der Waals surface area contributed by atoms with Crippen LogP contribution in [-0.4, -0.2) is 60.1 Å². The second-order valence-electron chi connectivity index (χ2n) is 8.64. The molecular weight excluding hydrogens is 601 g/mol. The van der Waals surface area contributed by atoms with Crippen LogP contribution in [0, 0.1) is 5.82 Å². The van der Waals surface area contributed by atoms with E-state index in [9.17, 15) is 28.4 Å². The quantitative estimate of drug-likeness (QED) is 0.0931. The van der Waals surface area contributed by atoms with E-state index >= 15 is 0 Å². The lowest BCUT2D eigenvalue weighted by molar-refractivity contribution is -0.167. The van der Waals surface area contributed by atoms with E-state index in [0.717, 1.165) is 12.1 Å². The van der Waals surface area contributed by atoms with Gasteiger partial charge in [-0.1, -0.05) is 41.9 Å². The van der Waals surface area contributed by atoms with Gasteiger partial charge in [0.1, 0.15) is 18.8 Å². The average molecular weight is 628 g/mol. The number of esters is 2. The third kappa shape index (κ3) is 8.64. The van der Waals surface area contributed by atoms with Crippen molar-refractivity contribution in [2.24, 2.45) is 10.2 Å². The number of benzene rings is 2. The minimum Gasteiger partial charge on any atom is -0.462 e. The molecule has 3 aromatic rings. The summed E-state index contributed by atoms with van der Waals surface area (Å²) < 4.78 is 29.4. The molecule has 44 heavy (non-hydrogen) atoms. The van der Waals surface area contributed by atoms with Crippen molar-refractivity contribution in [2.75, 3.05) is 19.8 Å². The van der Waals surface area contributed by atoms with E-state index in [1.54, 1.807) is 30.3 Å². The number of pyridine rings is 1. The number of carbonyl (C=O) groups is 5. The van der Waals surface area contributed by atoms with E-state index < -0.39 is 53.4 Å². The molecule has 0 aliphatic carbocycles. The molecule has 0 radical (unpaired) electrons. The van der Waals surface area contributed by atoms with Gasteiger partial charge in [0.25, 0.3) is 0 Å². The number of halogens is 2. The molecule has 2 amide bonds. The van der Waals surface area contributed by atoms with Crippen LogP contribution in [0.4, 0.5) is 14.9 Å². The van der Waals surface area contributed by atoms with Crippen LogP contribution in [0.2, 0.25) is 5.02 Å². The summed E-state index contributed by atoms with van der Waals surface area (Å²) in [6.07, 6.45) is 0.241. The van der Waals surface area contributed by atoms with Gasteiger partial charge in [-0.3, -0.25) is 9.59 Å². The van der Waals surface area contributed by atoms with Gasteiger partial charge in [-0.2, -0.15) is 5.11 Å². The van der Waals surface area contributed by atoms with Gasteiger partial charge in [0.05, 0.1) is 24.5 Å². The summed E-state index contributed by atoms with van der Waals surface area (Å²) in [6, 6.07) is 14.8. The number of rotatable bonds is 13. The minimum atomic E-state index is -2.91. The smallest absolute Gasteiger partial charge is 0.407 e. The average Bonchev–Trinajstić information content (AvgIpc) is 3.02. The maximum Gasteiger partial charge on any atom is 0.407 e. The normalized spacial score (nSPS) is 11.0. The molecule has 0 spiro atoms. The predicted octanol–water partition coefficient (Wildman–Crippen LogP) is 4.05. The van der Waals surface area contributed by atoms with Gasteiger partial charge >= 0.3 is 23.7 Å². The minimum absolute atomic E-state index is 0.0733. The fourth-order valence-electron chi connectivity index (χ4n) is 3.52.